The van der Waals surface area contributed by atoms with Gasteiger partial charge in [-0.1, -0.05) is 6.07 Å². The fourth-order valence-corrected chi connectivity index (χ4v) is 1.56. The van der Waals surface area contributed by atoms with Crippen LogP contribution < -0.4 is 0 Å². The molecule has 0 aliphatic rings. The van der Waals surface area contributed by atoms with E-state index in [-0.39, 0.29) is 18.6 Å². The summed E-state index contributed by atoms with van der Waals surface area (Å²) in [6.45, 7) is 3.72. The molecule has 0 saturated carbocycles. The molecule has 0 fully saturated rings. The maximum atomic E-state index is 11.2. The Morgan fingerprint density at radius 3 is 2.54 bits per heavy atom. The monoisotopic (exact) mass is 236 g/mol. The van der Waals surface area contributed by atoms with Gasteiger partial charge in [0.25, 0.3) is 0 Å². The Morgan fingerprint density at radius 1 is 1.38 bits per heavy atom. The van der Waals surface area contributed by atoms with Crippen molar-refractivity contribution in [3.8, 4) is 0 Å². The maximum Gasteiger partial charge on any atom is 0.208 e. The first-order valence-electron chi connectivity index (χ1n) is 3.55. The van der Waals surface area contributed by atoms with E-state index in [0.717, 1.165) is 11.3 Å². The molecule has 1 aromatic rings. The van der Waals surface area contributed by atoms with Crippen LogP contribution in [0.1, 0.15) is 11.3 Å². The van der Waals surface area contributed by atoms with E-state index in [4.69, 9.17) is 0 Å². The second-order valence-corrected chi connectivity index (χ2v) is 3.67. The van der Waals surface area contributed by atoms with Crippen molar-refractivity contribution in [2.45, 2.75) is 18.9 Å². The Balaban J connectivity index is 0.00000144. The molecule has 1 rings (SSSR count). The van der Waals surface area contributed by atoms with Gasteiger partial charge in [-0.3, -0.25) is 4.18 Å². The predicted molar refractivity (Wildman–Crippen MR) is 47.1 cm³/mol. The molecule has 0 bridgehead atoms. The first-order valence-corrected chi connectivity index (χ1v) is 4.63. The van der Waals surface area contributed by atoms with Crippen LogP contribution in [0, 0.1) is 13.8 Å². The number of pyridine rings is 1. The zero-order chi connectivity index (χ0) is 9.14. The van der Waals surface area contributed by atoms with Gasteiger partial charge in [-0.2, -0.15) is 0 Å². The molecule has 13 heavy (non-hydrogen) atoms. The van der Waals surface area contributed by atoms with E-state index in [1.54, 1.807) is 0 Å². The van der Waals surface area contributed by atoms with Crippen LogP contribution in [0.15, 0.2) is 17.2 Å². The zero-order valence-corrected chi connectivity index (χ0v) is 9.99. The molecule has 1 aromatic heterocycles. The van der Waals surface area contributed by atoms with Crippen molar-refractivity contribution in [3.05, 3.63) is 23.4 Å². The van der Waals surface area contributed by atoms with Crippen LogP contribution in [0.2, 0.25) is 0 Å². The minimum Gasteiger partial charge on any atom is -0.289 e. The molecule has 0 saturated heterocycles. The van der Waals surface area contributed by atoms with E-state index in [9.17, 15) is 4.21 Å². The molecule has 5 heteroatoms. The Bertz CT molecular complexity index is 317. The third kappa shape index (κ3) is 3.23. The van der Waals surface area contributed by atoms with Crippen molar-refractivity contribution in [3.63, 3.8) is 0 Å². The molecule has 0 amide bonds. The molecular formula is C8H11NO2SV. The fourth-order valence-electron chi connectivity index (χ4n) is 0.850. The van der Waals surface area contributed by atoms with Gasteiger partial charge in [0.05, 0.1) is 7.11 Å². The number of nitrogens with zero attached hydrogens (tertiary/aromatic N) is 1. The van der Waals surface area contributed by atoms with Gasteiger partial charge < -0.3 is 0 Å². The molecular weight excluding hydrogens is 225 g/mol. The summed E-state index contributed by atoms with van der Waals surface area (Å²) in [6, 6.07) is 3.76. The van der Waals surface area contributed by atoms with E-state index < -0.39 is 11.1 Å². The molecule has 0 aliphatic carbocycles. The molecule has 1 unspecified atom stereocenters. The summed E-state index contributed by atoms with van der Waals surface area (Å²) >= 11 is -1.42. The van der Waals surface area contributed by atoms with Crippen molar-refractivity contribution >= 4 is 11.1 Å². The summed E-state index contributed by atoms with van der Waals surface area (Å²) < 4.78 is 15.9. The minimum absolute atomic E-state index is 0. The van der Waals surface area contributed by atoms with E-state index in [2.05, 4.69) is 9.17 Å². The number of rotatable bonds is 2. The van der Waals surface area contributed by atoms with Crippen molar-refractivity contribution in [2.24, 2.45) is 0 Å². The van der Waals surface area contributed by atoms with Gasteiger partial charge >= 0.3 is 0 Å². The average Bonchev–Trinajstić information content (AvgIpc) is 2.08. The van der Waals surface area contributed by atoms with Crippen molar-refractivity contribution in [1.82, 2.24) is 4.98 Å². The van der Waals surface area contributed by atoms with Gasteiger partial charge in [-0.25, -0.2) is 9.19 Å². The number of aromatic nitrogens is 1. The zero-order valence-electron chi connectivity index (χ0n) is 7.77. The van der Waals surface area contributed by atoms with E-state index >= 15 is 0 Å². The Morgan fingerprint density at radius 2 is 2.00 bits per heavy atom. The fraction of sp³-hybridized carbons (Fsp3) is 0.375. The summed E-state index contributed by atoms with van der Waals surface area (Å²) in [7, 11) is 1.40. The molecule has 0 N–H and O–H groups in total. The van der Waals surface area contributed by atoms with Gasteiger partial charge in [-0.05, 0) is 25.5 Å². The summed E-state index contributed by atoms with van der Waals surface area (Å²) in [4.78, 5) is 4.12. The molecule has 1 atom stereocenters. The Hall–Kier alpha value is -0.156. The van der Waals surface area contributed by atoms with E-state index in [0.29, 0.717) is 5.03 Å². The summed E-state index contributed by atoms with van der Waals surface area (Å²) in [5.74, 6) is 0. The van der Waals surface area contributed by atoms with Gasteiger partial charge in [0.15, 0.2) is 5.03 Å². The van der Waals surface area contributed by atoms with Gasteiger partial charge in [-0.15, -0.1) is 0 Å². The van der Waals surface area contributed by atoms with Crippen LogP contribution in [-0.2, 0) is 33.8 Å². The van der Waals surface area contributed by atoms with Gasteiger partial charge in [0, 0.05) is 24.2 Å². The smallest absolute Gasteiger partial charge is 0.208 e. The number of hydrogen-bond acceptors (Lipinski definition) is 3. The van der Waals surface area contributed by atoms with E-state index in [1.165, 1.54) is 7.11 Å². The molecule has 71 valence electrons. The number of hydrogen-bond donors (Lipinski definition) is 0. The topological polar surface area (TPSA) is 39.2 Å². The van der Waals surface area contributed by atoms with Crippen LogP contribution in [0.4, 0.5) is 0 Å². The minimum atomic E-state index is -1.42. The average molecular weight is 236 g/mol. The first kappa shape index (κ1) is 12.8. The van der Waals surface area contributed by atoms with E-state index in [1.807, 2.05) is 26.0 Å². The standard InChI is InChI=1S/C8H11NO2S.V/c1-6-4-5-7(2)9-8(6)12(10)11-3;/h4-5H,1-3H3;. The SMILES string of the molecule is COS(=O)c1nc(C)ccc1C.[V]. The van der Waals surface area contributed by atoms with Gasteiger partial charge in [0.1, 0.15) is 0 Å². The largest absolute Gasteiger partial charge is 0.289 e. The third-order valence-corrected chi connectivity index (χ3v) is 2.53. The molecule has 3 nitrogen and oxygen atoms in total. The Kier molecular flexibility index (Phi) is 5.48. The molecule has 0 aromatic carbocycles. The van der Waals surface area contributed by atoms with Crippen LogP contribution in [0.25, 0.3) is 0 Å². The molecule has 0 spiro atoms. The predicted octanol–water partition coefficient (Wildman–Crippen LogP) is 1.36. The second-order valence-electron chi connectivity index (χ2n) is 2.48. The van der Waals surface area contributed by atoms with Gasteiger partial charge in [0.2, 0.25) is 11.1 Å². The summed E-state index contributed by atoms with van der Waals surface area (Å²) in [5, 5.41) is 0.512. The van der Waals surface area contributed by atoms with Crippen molar-refractivity contribution < 1.29 is 26.9 Å². The van der Waals surface area contributed by atoms with Crippen LogP contribution in [-0.4, -0.2) is 16.3 Å². The molecule has 1 heterocycles. The third-order valence-electron chi connectivity index (χ3n) is 1.50. The second kappa shape index (κ2) is 5.55. The summed E-state index contributed by atoms with van der Waals surface area (Å²) in [6.07, 6.45) is 0. The first-order chi connectivity index (χ1) is 5.65. The van der Waals surface area contributed by atoms with Crippen molar-refractivity contribution in [2.75, 3.05) is 7.11 Å². The molecule has 0 aliphatic heterocycles. The number of aryl methyl sites for hydroxylation is 2. The van der Waals surface area contributed by atoms with Crippen LogP contribution in [0.5, 0.6) is 0 Å². The molecule has 1 radical (unpaired) electrons. The van der Waals surface area contributed by atoms with Crippen LogP contribution in [0.3, 0.4) is 0 Å². The van der Waals surface area contributed by atoms with Crippen LogP contribution >= 0.6 is 0 Å². The van der Waals surface area contributed by atoms with Crippen molar-refractivity contribution in [1.29, 1.82) is 0 Å². The quantitative estimate of drug-likeness (QED) is 0.778. The maximum absolute atomic E-state index is 11.2. The normalized spacial score (nSPS) is 11.9. The summed E-state index contributed by atoms with van der Waals surface area (Å²) in [5.41, 5.74) is 1.74. The Labute approximate surface area is 92.5 Å².